The van der Waals surface area contributed by atoms with Gasteiger partial charge in [-0.3, -0.25) is 9.36 Å². The minimum Gasteiger partial charge on any atom is -0.497 e. The van der Waals surface area contributed by atoms with E-state index in [4.69, 9.17) is 18.9 Å². The monoisotopic (exact) mass is 584 g/mol. The van der Waals surface area contributed by atoms with Crippen molar-refractivity contribution in [2.45, 2.75) is 33.4 Å². The molecule has 9 heteroatoms. The standard InChI is InChI=1S/C33H32N2O6S/c1-5-39-27-10-8-7-9-26(27)30-29(32(37)40-6-2)21(3)34-33-35(30)31(36)28(42-33)19-22-11-17-25(18-12-22)41-20-23-13-15-24(38-4)16-14-23/h7-19,30H,5-6,20H2,1-4H3/b28-19-/t30-/m1/s1. The van der Waals surface area contributed by atoms with Gasteiger partial charge in [-0.2, -0.15) is 0 Å². The highest BCUT2D eigenvalue weighted by atomic mass is 32.1. The van der Waals surface area contributed by atoms with Gasteiger partial charge in [-0.25, -0.2) is 9.79 Å². The van der Waals surface area contributed by atoms with Crippen molar-refractivity contribution in [2.75, 3.05) is 20.3 Å². The lowest BCUT2D eigenvalue weighted by Crippen LogP contribution is -2.40. The van der Waals surface area contributed by atoms with Crippen molar-refractivity contribution >= 4 is 23.4 Å². The number of fused-ring (bicyclic) bond motifs is 1. The second-order valence-corrected chi connectivity index (χ2v) is 10.5. The third kappa shape index (κ3) is 6.01. The van der Waals surface area contributed by atoms with E-state index in [1.165, 1.54) is 11.3 Å². The number of carbonyl (C=O) groups is 1. The number of carbonyl (C=O) groups excluding carboxylic acids is 1. The molecule has 0 unspecified atom stereocenters. The minimum atomic E-state index is -0.737. The normalized spacial score (nSPS) is 14.7. The molecule has 8 nitrogen and oxygen atoms in total. The van der Waals surface area contributed by atoms with Crippen molar-refractivity contribution in [1.29, 1.82) is 0 Å². The average molecular weight is 585 g/mol. The zero-order valence-corrected chi connectivity index (χ0v) is 24.8. The van der Waals surface area contributed by atoms with Crippen molar-refractivity contribution in [1.82, 2.24) is 4.57 Å². The molecule has 0 N–H and O–H groups in total. The Bertz CT molecular complexity index is 1790. The highest BCUT2D eigenvalue weighted by Crippen LogP contribution is 2.35. The summed E-state index contributed by atoms with van der Waals surface area (Å²) >= 11 is 1.28. The van der Waals surface area contributed by atoms with Crippen LogP contribution in [0.15, 0.2) is 93.9 Å². The largest absolute Gasteiger partial charge is 0.497 e. The van der Waals surface area contributed by atoms with E-state index in [0.717, 1.165) is 16.9 Å². The first-order valence-corrected chi connectivity index (χ1v) is 14.5. The van der Waals surface area contributed by atoms with Crippen molar-refractivity contribution in [3.05, 3.63) is 120 Å². The van der Waals surface area contributed by atoms with Crippen LogP contribution in [0.2, 0.25) is 0 Å². The molecular formula is C33H32N2O6S. The maximum absolute atomic E-state index is 13.9. The molecule has 0 radical (unpaired) electrons. The average Bonchev–Trinajstić information content (AvgIpc) is 3.30. The predicted molar refractivity (Wildman–Crippen MR) is 162 cm³/mol. The topological polar surface area (TPSA) is 88.4 Å². The van der Waals surface area contributed by atoms with E-state index in [-0.39, 0.29) is 12.2 Å². The van der Waals surface area contributed by atoms with Gasteiger partial charge in [0.2, 0.25) is 0 Å². The highest BCUT2D eigenvalue weighted by Gasteiger charge is 2.35. The number of esters is 1. The van der Waals surface area contributed by atoms with Crippen LogP contribution in [-0.2, 0) is 16.1 Å². The first kappa shape index (κ1) is 28.9. The smallest absolute Gasteiger partial charge is 0.338 e. The fourth-order valence-electron chi connectivity index (χ4n) is 4.78. The van der Waals surface area contributed by atoms with Gasteiger partial charge in [0.05, 0.1) is 36.1 Å². The van der Waals surface area contributed by atoms with E-state index >= 15 is 0 Å². The van der Waals surface area contributed by atoms with Crippen LogP contribution in [0, 0.1) is 0 Å². The van der Waals surface area contributed by atoms with Gasteiger partial charge in [0.25, 0.3) is 5.56 Å². The van der Waals surface area contributed by atoms with Crippen LogP contribution in [0.5, 0.6) is 17.2 Å². The minimum absolute atomic E-state index is 0.208. The molecule has 0 fully saturated rings. The summed E-state index contributed by atoms with van der Waals surface area (Å²) in [6.45, 7) is 6.49. The zero-order chi connectivity index (χ0) is 29.6. The van der Waals surface area contributed by atoms with E-state index in [2.05, 4.69) is 4.99 Å². The van der Waals surface area contributed by atoms with Gasteiger partial charge < -0.3 is 18.9 Å². The molecule has 1 aliphatic heterocycles. The molecule has 4 aromatic rings. The van der Waals surface area contributed by atoms with Crippen LogP contribution >= 0.6 is 11.3 Å². The van der Waals surface area contributed by atoms with Gasteiger partial charge >= 0.3 is 5.97 Å². The number of nitrogens with zero attached hydrogens (tertiary/aromatic N) is 2. The van der Waals surface area contributed by atoms with Crippen molar-refractivity contribution in [2.24, 2.45) is 4.99 Å². The lowest BCUT2D eigenvalue weighted by Gasteiger charge is -2.26. The zero-order valence-electron chi connectivity index (χ0n) is 24.0. The highest BCUT2D eigenvalue weighted by molar-refractivity contribution is 7.07. The Hall–Kier alpha value is -4.63. The summed E-state index contributed by atoms with van der Waals surface area (Å²) in [5.74, 6) is 1.60. The number of thiazole rings is 1. The van der Waals surface area contributed by atoms with Crippen molar-refractivity contribution in [3.8, 4) is 17.2 Å². The number of para-hydroxylation sites is 1. The van der Waals surface area contributed by atoms with Crippen LogP contribution in [0.3, 0.4) is 0 Å². The fourth-order valence-corrected chi connectivity index (χ4v) is 5.83. The SMILES string of the molecule is CCOC(=O)C1=C(C)N=c2s/c(=C\c3ccc(OCc4ccc(OC)cc4)cc3)c(=O)n2[C@@H]1c1ccccc1OCC. The van der Waals surface area contributed by atoms with Crippen LogP contribution in [0.1, 0.15) is 43.5 Å². The second kappa shape index (κ2) is 12.9. The summed E-state index contributed by atoms with van der Waals surface area (Å²) in [5, 5.41) is 0. The number of hydrogen-bond acceptors (Lipinski definition) is 8. The molecule has 0 bridgehead atoms. The summed E-state index contributed by atoms with van der Waals surface area (Å²) in [6.07, 6.45) is 1.83. The van der Waals surface area contributed by atoms with Gasteiger partial charge in [0.15, 0.2) is 4.80 Å². The molecule has 0 spiro atoms. The lowest BCUT2D eigenvalue weighted by molar-refractivity contribution is -0.139. The van der Waals surface area contributed by atoms with Gasteiger partial charge in [0.1, 0.15) is 29.9 Å². The molecule has 0 saturated heterocycles. The van der Waals surface area contributed by atoms with E-state index < -0.39 is 12.0 Å². The van der Waals surface area contributed by atoms with E-state index in [1.54, 1.807) is 25.5 Å². The lowest BCUT2D eigenvalue weighted by atomic mass is 9.95. The third-order valence-corrected chi connectivity index (χ3v) is 7.76. The molecule has 1 atom stereocenters. The van der Waals surface area contributed by atoms with Gasteiger partial charge in [-0.15, -0.1) is 0 Å². The predicted octanol–water partition coefficient (Wildman–Crippen LogP) is 4.78. The number of allylic oxidation sites excluding steroid dienone is 1. The van der Waals surface area contributed by atoms with Gasteiger partial charge in [-0.05, 0) is 68.3 Å². The molecule has 1 aromatic heterocycles. The molecule has 0 aliphatic carbocycles. The molecule has 216 valence electrons. The Morgan fingerprint density at radius 2 is 1.67 bits per heavy atom. The molecular weight excluding hydrogens is 552 g/mol. The van der Waals surface area contributed by atoms with Crippen LogP contribution in [0.4, 0.5) is 0 Å². The quantitative estimate of drug-likeness (QED) is 0.249. The number of rotatable bonds is 10. The van der Waals surface area contributed by atoms with Crippen LogP contribution in [0.25, 0.3) is 6.08 Å². The van der Waals surface area contributed by atoms with E-state index in [0.29, 0.717) is 50.9 Å². The van der Waals surface area contributed by atoms with Gasteiger partial charge in [0, 0.05) is 5.56 Å². The first-order valence-electron chi connectivity index (χ1n) is 13.7. The van der Waals surface area contributed by atoms with Crippen molar-refractivity contribution < 1.29 is 23.7 Å². The molecule has 0 amide bonds. The molecule has 42 heavy (non-hydrogen) atoms. The first-order chi connectivity index (χ1) is 20.4. The van der Waals surface area contributed by atoms with Crippen LogP contribution < -0.4 is 29.1 Å². The molecule has 0 saturated carbocycles. The summed E-state index contributed by atoms with van der Waals surface area (Å²) in [4.78, 5) is 32.2. The molecule has 3 aromatic carbocycles. The summed E-state index contributed by atoms with van der Waals surface area (Å²) in [5.41, 5.74) is 3.15. The third-order valence-electron chi connectivity index (χ3n) is 6.77. The Kier molecular flexibility index (Phi) is 8.88. The maximum atomic E-state index is 13.9. The van der Waals surface area contributed by atoms with Crippen molar-refractivity contribution in [3.63, 3.8) is 0 Å². The fraction of sp³-hybridized carbons (Fsp3) is 0.242. The number of ether oxygens (including phenoxy) is 4. The number of benzene rings is 3. The summed E-state index contributed by atoms with van der Waals surface area (Å²) < 4.78 is 24.5. The number of aromatic nitrogens is 1. The van der Waals surface area contributed by atoms with Gasteiger partial charge in [-0.1, -0.05) is 53.8 Å². The Morgan fingerprint density at radius 1 is 0.952 bits per heavy atom. The number of hydrogen-bond donors (Lipinski definition) is 0. The maximum Gasteiger partial charge on any atom is 0.338 e. The molecule has 2 heterocycles. The number of methoxy groups -OCH3 is 1. The van der Waals surface area contributed by atoms with Crippen LogP contribution in [-0.4, -0.2) is 30.9 Å². The van der Waals surface area contributed by atoms with E-state index in [9.17, 15) is 9.59 Å². The Balaban J connectivity index is 1.49. The Labute approximate surface area is 247 Å². The molecule has 5 rings (SSSR count). The Morgan fingerprint density at radius 3 is 2.36 bits per heavy atom. The van der Waals surface area contributed by atoms with E-state index in [1.807, 2.05) is 85.8 Å². The second-order valence-electron chi connectivity index (χ2n) is 9.48. The summed E-state index contributed by atoms with van der Waals surface area (Å²) in [7, 11) is 1.64. The summed E-state index contributed by atoms with van der Waals surface area (Å²) in [6, 6.07) is 22.0. The molecule has 1 aliphatic rings.